The van der Waals surface area contributed by atoms with Crippen LogP contribution in [0.1, 0.15) is 25.0 Å². The lowest BCUT2D eigenvalue weighted by Gasteiger charge is -2.26. The lowest BCUT2D eigenvalue weighted by molar-refractivity contribution is 0.549. The summed E-state index contributed by atoms with van der Waals surface area (Å²) in [6, 6.07) is 5.37. The Labute approximate surface area is 115 Å². The standard InChI is InChI=1S/C14H16N2O2S/c1-10-5-6-11(18-10)12-9-13(17)15-14(19-12)16-7-3-2-4-8-16/h5-6,9H,2-4,7-8H2,1H3. The van der Waals surface area contributed by atoms with E-state index in [0.717, 1.165) is 34.6 Å². The Bertz CT molecular complexity index is 626. The molecule has 1 aliphatic heterocycles. The van der Waals surface area contributed by atoms with Gasteiger partial charge in [-0.25, -0.2) is 0 Å². The van der Waals surface area contributed by atoms with Gasteiger partial charge in [-0.05, 0) is 38.3 Å². The van der Waals surface area contributed by atoms with E-state index < -0.39 is 0 Å². The third-order valence-corrected chi connectivity index (χ3v) is 4.34. The van der Waals surface area contributed by atoms with Crippen LogP contribution in [0, 0.1) is 6.92 Å². The van der Waals surface area contributed by atoms with Crippen molar-refractivity contribution < 1.29 is 4.42 Å². The molecule has 1 saturated heterocycles. The molecule has 3 heterocycles. The van der Waals surface area contributed by atoms with Gasteiger partial charge in [-0.15, -0.1) is 0 Å². The van der Waals surface area contributed by atoms with E-state index in [2.05, 4.69) is 9.88 Å². The molecule has 0 bridgehead atoms. The third-order valence-electron chi connectivity index (χ3n) is 3.27. The van der Waals surface area contributed by atoms with E-state index in [-0.39, 0.29) is 5.56 Å². The highest BCUT2D eigenvalue weighted by Crippen LogP contribution is 2.30. The van der Waals surface area contributed by atoms with Crippen LogP contribution in [0.15, 0.2) is 27.4 Å². The van der Waals surface area contributed by atoms with Crippen molar-refractivity contribution in [1.82, 2.24) is 4.98 Å². The molecule has 100 valence electrons. The number of piperidine rings is 1. The molecule has 0 aromatic carbocycles. The average molecular weight is 276 g/mol. The second-order valence-corrected chi connectivity index (χ2v) is 5.81. The van der Waals surface area contributed by atoms with Gasteiger partial charge in [-0.2, -0.15) is 4.98 Å². The second kappa shape index (κ2) is 5.17. The molecule has 0 aliphatic carbocycles. The van der Waals surface area contributed by atoms with Crippen LogP contribution < -0.4 is 10.5 Å². The predicted octanol–water partition coefficient (Wildman–Crippen LogP) is 3.06. The summed E-state index contributed by atoms with van der Waals surface area (Å²) < 4.78 is 5.59. The van der Waals surface area contributed by atoms with Crippen LogP contribution in [0.25, 0.3) is 10.6 Å². The Morgan fingerprint density at radius 2 is 2.05 bits per heavy atom. The van der Waals surface area contributed by atoms with Crippen LogP contribution in [-0.2, 0) is 0 Å². The van der Waals surface area contributed by atoms with Crippen molar-refractivity contribution in [2.24, 2.45) is 0 Å². The molecule has 0 saturated carbocycles. The van der Waals surface area contributed by atoms with Crippen LogP contribution in [0.2, 0.25) is 0 Å². The maximum atomic E-state index is 11.8. The molecule has 1 aliphatic rings. The first-order valence-electron chi connectivity index (χ1n) is 6.56. The van der Waals surface area contributed by atoms with Gasteiger partial charge in [0.1, 0.15) is 11.5 Å². The van der Waals surface area contributed by atoms with E-state index in [1.54, 1.807) is 6.07 Å². The topological polar surface area (TPSA) is 46.3 Å². The van der Waals surface area contributed by atoms with Gasteiger partial charge in [0.25, 0.3) is 5.56 Å². The molecule has 2 aromatic heterocycles. The summed E-state index contributed by atoms with van der Waals surface area (Å²) in [5.41, 5.74) is -0.191. The van der Waals surface area contributed by atoms with Gasteiger partial charge >= 0.3 is 0 Å². The minimum atomic E-state index is -0.191. The molecule has 1 fully saturated rings. The van der Waals surface area contributed by atoms with Gasteiger partial charge in [0.15, 0.2) is 5.13 Å². The molecule has 0 atom stereocenters. The Morgan fingerprint density at radius 3 is 2.74 bits per heavy atom. The minimum absolute atomic E-state index is 0.191. The van der Waals surface area contributed by atoms with E-state index in [1.807, 2.05) is 19.1 Å². The number of nitrogens with zero attached hydrogens (tertiary/aromatic N) is 2. The summed E-state index contributed by atoms with van der Waals surface area (Å²) >= 11 is 1.53. The van der Waals surface area contributed by atoms with E-state index in [0.29, 0.717) is 0 Å². The first-order chi connectivity index (χ1) is 9.22. The van der Waals surface area contributed by atoms with Crippen molar-refractivity contribution in [2.75, 3.05) is 18.0 Å². The fourth-order valence-electron chi connectivity index (χ4n) is 2.30. The van der Waals surface area contributed by atoms with Gasteiger partial charge in [0.05, 0.1) is 4.88 Å². The normalized spacial score (nSPS) is 15.7. The largest absolute Gasteiger partial charge is 0.461 e. The van der Waals surface area contributed by atoms with Gasteiger partial charge in [-0.1, -0.05) is 11.3 Å². The summed E-state index contributed by atoms with van der Waals surface area (Å²) in [6.07, 6.45) is 3.61. The molecule has 4 nitrogen and oxygen atoms in total. The zero-order valence-corrected chi connectivity index (χ0v) is 11.7. The molecule has 0 amide bonds. The fraction of sp³-hybridized carbons (Fsp3) is 0.429. The molecule has 3 rings (SSSR count). The van der Waals surface area contributed by atoms with Crippen LogP contribution in [0.4, 0.5) is 5.13 Å². The summed E-state index contributed by atoms with van der Waals surface area (Å²) in [6.45, 7) is 3.88. The fourth-order valence-corrected chi connectivity index (χ4v) is 3.31. The number of furan rings is 1. The van der Waals surface area contributed by atoms with Crippen LogP contribution in [-0.4, -0.2) is 18.1 Å². The van der Waals surface area contributed by atoms with E-state index >= 15 is 0 Å². The van der Waals surface area contributed by atoms with E-state index in [9.17, 15) is 4.79 Å². The van der Waals surface area contributed by atoms with Crippen LogP contribution in [0.3, 0.4) is 0 Å². The number of aromatic nitrogens is 1. The van der Waals surface area contributed by atoms with Crippen molar-refractivity contribution in [1.29, 1.82) is 0 Å². The number of anilines is 1. The molecular weight excluding hydrogens is 260 g/mol. The lowest BCUT2D eigenvalue weighted by Crippen LogP contribution is -2.30. The highest BCUT2D eigenvalue weighted by molar-refractivity contribution is 7.18. The predicted molar refractivity (Wildman–Crippen MR) is 76.9 cm³/mol. The molecule has 2 aromatic rings. The zero-order valence-electron chi connectivity index (χ0n) is 10.9. The number of aryl methyl sites for hydroxylation is 1. The van der Waals surface area contributed by atoms with E-state index in [4.69, 9.17) is 4.42 Å². The monoisotopic (exact) mass is 276 g/mol. The number of hydrogen-bond donors (Lipinski definition) is 0. The first kappa shape index (κ1) is 12.4. The molecular formula is C14H16N2O2S. The third kappa shape index (κ3) is 2.71. The van der Waals surface area contributed by atoms with Gasteiger partial charge in [0.2, 0.25) is 0 Å². The van der Waals surface area contributed by atoms with Crippen molar-refractivity contribution in [3.8, 4) is 10.6 Å². The summed E-state index contributed by atoms with van der Waals surface area (Å²) in [7, 11) is 0. The Hall–Kier alpha value is -1.62. The highest BCUT2D eigenvalue weighted by Gasteiger charge is 2.15. The van der Waals surface area contributed by atoms with Crippen molar-refractivity contribution in [3.05, 3.63) is 34.3 Å². The van der Waals surface area contributed by atoms with Crippen LogP contribution in [0.5, 0.6) is 0 Å². The van der Waals surface area contributed by atoms with E-state index in [1.165, 1.54) is 30.6 Å². The summed E-state index contributed by atoms with van der Waals surface area (Å²) in [4.78, 5) is 19.0. The quantitative estimate of drug-likeness (QED) is 0.845. The summed E-state index contributed by atoms with van der Waals surface area (Å²) in [5, 5.41) is 0.816. The van der Waals surface area contributed by atoms with Crippen molar-refractivity contribution in [3.63, 3.8) is 0 Å². The molecule has 5 heteroatoms. The van der Waals surface area contributed by atoms with Gasteiger partial charge in [0, 0.05) is 19.2 Å². The lowest BCUT2D eigenvalue weighted by atomic mass is 10.1. The number of rotatable bonds is 2. The maximum absolute atomic E-state index is 11.8. The first-order valence-corrected chi connectivity index (χ1v) is 7.38. The molecule has 0 spiro atoms. The Kier molecular flexibility index (Phi) is 3.38. The van der Waals surface area contributed by atoms with Crippen LogP contribution >= 0.6 is 11.3 Å². The second-order valence-electron chi connectivity index (χ2n) is 4.80. The molecule has 0 radical (unpaired) electrons. The molecule has 0 N–H and O–H groups in total. The smallest absolute Gasteiger partial charge is 0.273 e. The Balaban J connectivity index is 1.98. The van der Waals surface area contributed by atoms with Gasteiger partial charge in [-0.3, -0.25) is 4.79 Å². The SMILES string of the molecule is Cc1ccc(-c2cc(=O)nc(N3CCCCC3)s2)o1. The maximum Gasteiger partial charge on any atom is 0.273 e. The highest BCUT2D eigenvalue weighted by atomic mass is 32.1. The minimum Gasteiger partial charge on any atom is -0.461 e. The zero-order chi connectivity index (χ0) is 13.2. The van der Waals surface area contributed by atoms with Crippen molar-refractivity contribution >= 4 is 16.5 Å². The molecule has 19 heavy (non-hydrogen) atoms. The Morgan fingerprint density at radius 1 is 1.26 bits per heavy atom. The van der Waals surface area contributed by atoms with Gasteiger partial charge < -0.3 is 9.32 Å². The average Bonchev–Trinajstić information content (AvgIpc) is 2.86. The number of hydrogen-bond acceptors (Lipinski definition) is 5. The molecule has 0 unspecified atom stereocenters. The summed E-state index contributed by atoms with van der Waals surface area (Å²) in [5.74, 6) is 1.60. The van der Waals surface area contributed by atoms with Crippen molar-refractivity contribution in [2.45, 2.75) is 26.2 Å².